The summed E-state index contributed by atoms with van der Waals surface area (Å²) in [6.45, 7) is 7.57. The predicted molar refractivity (Wildman–Crippen MR) is 103 cm³/mol. The number of benzene rings is 1. The standard InChI is InChI=1S/C20H25N3O4/c1-6-27-20(26)16-9-13(3)23(14(16)4)11-18(24)22-17-10-15(19(25)21-5)8-7-12(17)2/h7-10H,6,11H2,1-5H3,(H,21,25)(H,22,24). The molecule has 2 amide bonds. The quantitative estimate of drug-likeness (QED) is 0.764. The molecule has 27 heavy (non-hydrogen) atoms. The highest BCUT2D eigenvalue weighted by atomic mass is 16.5. The molecule has 2 aromatic rings. The van der Waals surface area contributed by atoms with Gasteiger partial charge in [0.1, 0.15) is 6.54 Å². The first-order chi connectivity index (χ1) is 12.8. The van der Waals surface area contributed by atoms with Gasteiger partial charge < -0.3 is 19.9 Å². The van der Waals surface area contributed by atoms with E-state index in [2.05, 4.69) is 10.6 Å². The van der Waals surface area contributed by atoms with E-state index in [1.807, 2.05) is 13.8 Å². The number of hydrogen-bond donors (Lipinski definition) is 2. The van der Waals surface area contributed by atoms with Crippen molar-refractivity contribution in [3.63, 3.8) is 0 Å². The van der Waals surface area contributed by atoms with E-state index in [0.29, 0.717) is 29.1 Å². The summed E-state index contributed by atoms with van der Waals surface area (Å²) in [5.74, 6) is -0.863. The fourth-order valence-electron chi connectivity index (χ4n) is 2.84. The van der Waals surface area contributed by atoms with Gasteiger partial charge in [0.25, 0.3) is 5.91 Å². The van der Waals surface area contributed by atoms with Crippen molar-refractivity contribution in [2.45, 2.75) is 34.2 Å². The molecule has 0 saturated carbocycles. The van der Waals surface area contributed by atoms with Crippen molar-refractivity contribution in [3.05, 3.63) is 52.3 Å². The van der Waals surface area contributed by atoms with Crippen LogP contribution in [0.2, 0.25) is 0 Å². The molecular formula is C20H25N3O4. The smallest absolute Gasteiger partial charge is 0.339 e. The average Bonchev–Trinajstić information content (AvgIpc) is 2.91. The van der Waals surface area contributed by atoms with Crippen LogP contribution in [0, 0.1) is 20.8 Å². The van der Waals surface area contributed by atoms with E-state index in [1.54, 1.807) is 49.7 Å². The SMILES string of the molecule is CCOC(=O)c1cc(C)n(CC(=O)Nc2cc(C(=O)NC)ccc2C)c1C. The van der Waals surface area contributed by atoms with Gasteiger partial charge in [0.15, 0.2) is 0 Å². The van der Waals surface area contributed by atoms with Gasteiger partial charge in [-0.25, -0.2) is 4.79 Å². The van der Waals surface area contributed by atoms with Gasteiger partial charge in [-0.1, -0.05) is 6.07 Å². The maximum absolute atomic E-state index is 12.5. The second-order valence-corrected chi connectivity index (χ2v) is 6.25. The molecule has 1 heterocycles. The van der Waals surface area contributed by atoms with Crippen LogP contribution in [0.25, 0.3) is 0 Å². The second kappa shape index (κ2) is 8.53. The zero-order chi connectivity index (χ0) is 20.1. The molecule has 1 aromatic heterocycles. The lowest BCUT2D eigenvalue weighted by Gasteiger charge is -2.13. The van der Waals surface area contributed by atoms with E-state index < -0.39 is 5.97 Å². The Morgan fingerprint density at radius 1 is 1.11 bits per heavy atom. The van der Waals surface area contributed by atoms with Crippen molar-refractivity contribution in [3.8, 4) is 0 Å². The summed E-state index contributed by atoms with van der Waals surface area (Å²) >= 11 is 0. The number of esters is 1. The van der Waals surface area contributed by atoms with Crippen LogP contribution in [-0.4, -0.2) is 36.0 Å². The minimum absolute atomic E-state index is 0.0563. The number of anilines is 1. The van der Waals surface area contributed by atoms with Crippen LogP contribution >= 0.6 is 0 Å². The normalized spacial score (nSPS) is 10.4. The van der Waals surface area contributed by atoms with Crippen LogP contribution in [-0.2, 0) is 16.1 Å². The highest BCUT2D eigenvalue weighted by Gasteiger charge is 2.18. The third-order valence-corrected chi connectivity index (χ3v) is 4.37. The Balaban J connectivity index is 2.19. The van der Waals surface area contributed by atoms with Gasteiger partial charge in [0.2, 0.25) is 5.91 Å². The Morgan fingerprint density at radius 2 is 1.81 bits per heavy atom. The molecule has 0 fully saturated rings. The molecule has 0 atom stereocenters. The monoisotopic (exact) mass is 371 g/mol. The van der Waals surface area contributed by atoms with Crippen LogP contribution in [0.5, 0.6) is 0 Å². The van der Waals surface area contributed by atoms with Crippen molar-refractivity contribution in [2.75, 3.05) is 19.0 Å². The number of nitrogens with one attached hydrogen (secondary N) is 2. The Hall–Kier alpha value is -3.09. The number of ether oxygens (including phenoxy) is 1. The average molecular weight is 371 g/mol. The van der Waals surface area contributed by atoms with Crippen molar-refractivity contribution in [1.29, 1.82) is 0 Å². The van der Waals surface area contributed by atoms with E-state index >= 15 is 0 Å². The summed E-state index contributed by atoms with van der Waals surface area (Å²) in [4.78, 5) is 36.3. The molecule has 2 rings (SSSR count). The zero-order valence-electron chi connectivity index (χ0n) is 16.3. The first-order valence-electron chi connectivity index (χ1n) is 8.74. The molecule has 0 unspecified atom stereocenters. The number of aryl methyl sites for hydroxylation is 2. The summed E-state index contributed by atoms with van der Waals surface area (Å²) < 4.78 is 6.81. The summed E-state index contributed by atoms with van der Waals surface area (Å²) in [6.07, 6.45) is 0. The van der Waals surface area contributed by atoms with E-state index in [4.69, 9.17) is 4.74 Å². The van der Waals surface area contributed by atoms with E-state index in [0.717, 1.165) is 11.3 Å². The van der Waals surface area contributed by atoms with Crippen LogP contribution in [0.1, 0.15) is 44.6 Å². The molecule has 0 radical (unpaired) electrons. The summed E-state index contributed by atoms with van der Waals surface area (Å²) in [5, 5.41) is 5.40. The Labute approximate surface area is 158 Å². The third kappa shape index (κ3) is 4.55. The number of hydrogen-bond acceptors (Lipinski definition) is 4. The van der Waals surface area contributed by atoms with Gasteiger partial charge >= 0.3 is 5.97 Å². The molecule has 0 aliphatic heterocycles. The first-order valence-corrected chi connectivity index (χ1v) is 8.74. The topological polar surface area (TPSA) is 89.4 Å². The summed E-state index contributed by atoms with van der Waals surface area (Å²) in [5.41, 5.74) is 3.83. The van der Waals surface area contributed by atoms with Crippen LogP contribution < -0.4 is 10.6 Å². The second-order valence-electron chi connectivity index (χ2n) is 6.25. The van der Waals surface area contributed by atoms with Gasteiger partial charge in [-0.2, -0.15) is 0 Å². The molecule has 2 N–H and O–H groups in total. The van der Waals surface area contributed by atoms with Crippen molar-refractivity contribution in [2.24, 2.45) is 0 Å². The summed E-state index contributed by atoms with van der Waals surface area (Å²) in [7, 11) is 1.55. The molecule has 0 aliphatic carbocycles. The summed E-state index contributed by atoms with van der Waals surface area (Å²) in [6, 6.07) is 6.85. The lowest BCUT2D eigenvalue weighted by molar-refractivity contribution is -0.116. The Morgan fingerprint density at radius 3 is 2.44 bits per heavy atom. The van der Waals surface area contributed by atoms with Gasteiger partial charge in [-0.3, -0.25) is 9.59 Å². The molecule has 7 nitrogen and oxygen atoms in total. The fourth-order valence-corrected chi connectivity index (χ4v) is 2.84. The maximum Gasteiger partial charge on any atom is 0.339 e. The van der Waals surface area contributed by atoms with Crippen LogP contribution in [0.3, 0.4) is 0 Å². The zero-order valence-corrected chi connectivity index (χ0v) is 16.3. The molecule has 0 bridgehead atoms. The molecule has 0 aliphatic rings. The van der Waals surface area contributed by atoms with Gasteiger partial charge in [-0.15, -0.1) is 0 Å². The number of aromatic nitrogens is 1. The van der Waals surface area contributed by atoms with Gasteiger partial charge in [0.05, 0.1) is 12.2 Å². The molecule has 0 saturated heterocycles. The van der Waals surface area contributed by atoms with E-state index in [-0.39, 0.29) is 18.4 Å². The minimum atomic E-state index is -0.397. The molecule has 0 spiro atoms. The first kappa shape index (κ1) is 20.2. The molecule has 1 aromatic carbocycles. The minimum Gasteiger partial charge on any atom is -0.462 e. The van der Waals surface area contributed by atoms with Crippen LogP contribution in [0.4, 0.5) is 5.69 Å². The lowest BCUT2D eigenvalue weighted by atomic mass is 10.1. The largest absolute Gasteiger partial charge is 0.462 e. The van der Waals surface area contributed by atoms with E-state index in [1.165, 1.54) is 0 Å². The predicted octanol–water partition coefficient (Wildman–Crippen LogP) is 2.59. The van der Waals surface area contributed by atoms with Gasteiger partial charge in [0, 0.05) is 29.7 Å². The number of amides is 2. The molecule has 7 heteroatoms. The maximum atomic E-state index is 12.5. The lowest BCUT2D eigenvalue weighted by Crippen LogP contribution is -2.22. The van der Waals surface area contributed by atoms with Crippen molar-refractivity contribution >= 4 is 23.5 Å². The molecule has 144 valence electrons. The third-order valence-electron chi connectivity index (χ3n) is 4.37. The van der Waals surface area contributed by atoms with Crippen molar-refractivity contribution < 1.29 is 19.1 Å². The van der Waals surface area contributed by atoms with Crippen molar-refractivity contribution in [1.82, 2.24) is 9.88 Å². The van der Waals surface area contributed by atoms with Gasteiger partial charge in [-0.05, 0) is 51.5 Å². The Kier molecular flexibility index (Phi) is 6.39. The Bertz CT molecular complexity index is 884. The number of rotatable bonds is 6. The fraction of sp³-hybridized carbons (Fsp3) is 0.350. The number of carbonyl (C=O) groups excluding carboxylic acids is 3. The van der Waals surface area contributed by atoms with Crippen LogP contribution in [0.15, 0.2) is 24.3 Å². The highest BCUT2D eigenvalue weighted by Crippen LogP contribution is 2.19. The molecular weight excluding hydrogens is 346 g/mol. The number of carbonyl (C=O) groups is 3. The highest BCUT2D eigenvalue weighted by molar-refractivity contribution is 5.97. The number of nitrogens with zero attached hydrogens (tertiary/aromatic N) is 1. The van der Waals surface area contributed by atoms with E-state index in [9.17, 15) is 14.4 Å².